The maximum absolute atomic E-state index is 12.6. The van der Waals surface area contributed by atoms with Crippen molar-refractivity contribution in [2.24, 2.45) is 0 Å². The average Bonchev–Trinajstić information content (AvgIpc) is 3.12. The largest absolute Gasteiger partial charge is 0.335 e. The van der Waals surface area contributed by atoms with Gasteiger partial charge in [-0.3, -0.25) is 19.8 Å². The topological polar surface area (TPSA) is 65.5 Å². The molecule has 0 aliphatic carbocycles. The van der Waals surface area contributed by atoms with Gasteiger partial charge in [0.1, 0.15) is 5.69 Å². The van der Waals surface area contributed by atoms with Crippen LogP contribution in [0.5, 0.6) is 0 Å². The summed E-state index contributed by atoms with van der Waals surface area (Å²) in [7, 11) is 0. The smallest absolute Gasteiger partial charge is 0.273 e. The van der Waals surface area contributed by atoms with Gasteiger partial charge in [-0.1, -0.05) is 29.3 Å². The molecule has 3 rings (SSSR count). The number of halogens is 2. The summed E-state index contributed by atoms with van der Waals surface area (Å²) < 4.78 is 0. The molecule has 1 aromatic carbocycles. The van der Waals surface area contributed by atoms with Crippen LogP contribution in [0.1, 0.15) is 20.8 Å². The summed E-state index contributed by atoms with van der Waals surface area (Å²) >= 11 is 13.0. The number of benzene rings is 1. The predicted molar refractivity (Wildman–Crippen MR) is 109 cm³/mol. The van der Waals surface area contributed by atoms with Crippen LogP contribution in [-0.4, -0.2) is 59.3 Å². The van der Waals surface area contributed by atoms with Crippen LogP contribution in [0.15, 0.2) is 36.2 Å². The number of carbonyl (C=O) groups excluding carboxylic acids is 2. The lowest BCUT2D eigenvalue weighted by atomic mass is 10.2. The number of hydrogen-bond acceptors (Lipinski definition) is 5. The lowest BCUT2D eigenvalue weighted by Gasteiger charge is -2.33. The van der Waals surface area contributed by atoms with Gasteiger partial charge >= 0.3 is 0 Å². The second-order valence-corrected chi connectivity index (χ2v) is 7.67. The normalized spacial score (nSPS) is 14.8. The van der Waals surface area contributed by atoms with Crippen LogP contribution in [0.25, 0.3) is 0 Å². The molecule has 0 saturated carbocycles. The molecule has 0 unspecified atom stereocenters. The molecule has 1 aliphatic heterocycles. The van der Waals surface area contributed by atoms with Crippen molar-refractivity contribution in [1.29, 1.82) is 0 Å². The van der Waals surface area contributed by atoms with Gasteiger partial charge in [0.25, 0.3) is 11.8 Å². The molecule has 142 valence electrons. The van der Waals surface area contributed by atoms with Crippen molar-refractivity contribution >= 4 is 51.5 Å². The molecular formula is C18H18Cl2N4O2S. The van der Waals surface area contributed by atoms with E-state index in [1.54, 1.807) is 22.4 Å². The Balaban J connectivity index is 1.61. The minimum absolute atomic E-state index is 0.125. The Morgan fingerprint density at radius 3 is 2.63 bits per heavy atom. The first kappa shape index (κ1) is 19.8. The SMILES string of the molecule is C=CCN1CCN(C(=O)c2csc(NC(=O)c3ccc(Cl)c(Cl)c3)n2)CC1. The third-order valence-corrected chi connectivity index (χ3v) is 5.67. The maximum atomic E-state index is 12.6. The number of rotatable bonds is 5. The minimum atomic E-state index is -0.361. The number of piperazine rings is 1. The van der Waals surface area contributed by atoms with Crippen molar-refractivity contribution in [2.45, 2.75) is 0 Å². The number of thiazole rings is 1. The Morgan fingerprint density at radius 2 is 1.96 bits per heavy atom. The zero-order valence-electron chi connectivity index (χ0n) is 14.5. The van der Waals surface area contributed by atoms with Crippen molar-refractivity contribution in [3.05, 3.63) is 57.5 Å². The molecule has 1 aromatic heterocycles. The Hall–Kier alpha value is -1.93. The number of carbonyl (C=O) groups is 2. The number of aromatic nitrogens is 1. The number of hydrogen-bond donors (Lipinski definition) is 1. The number of amides is 2. The molecule has 2 aromatic rings. The standard InChI is InChI=1S/C18H18Cl2N4O2S/c1-2-5-23-6-8-24(9-7-23)17(26)15-11-27-18(21-15)22-16(25)12-3-4-13(19)14(20)10-12/h2-4,10-11H,1,5-9H2,(H,21,22,25). The summed E-state index contributed by atoms with van der Waals surface area (Å²) in [6.45, 7) is 7.47. The van der Waals surface area contributed by atoms with E-state index in [0.29, 0.717) is 39.5 Å². The molecular weight excluding hydrogens is 407 g/mol. The fourth-order valence-electron chi connectivity index (χ4n) is 2.71. The first-order chi connectivity index (χ1) is 13.0. The van der Waals surface area contributed by atoms with Crippen LogP contribution in [0.4, 0.5) is 5.13 Å². The molecule has 0 spiro atoms. The fraction of sp³-hybridized carbons (Fsp3) is 0.278. The van der Waals surface area contributed by atoms with E-state index in [4.69, 9.17) is 23.2 Å². The summed E-state index contributed by atoms with van der Waals surface area (Å²) in [4.78, 5) is 33.2. The van der Waals surface area contributed by atoms with E-state index in [-0.39, 0.29) is 11.8 Å². The van der Waals surface area contributed by atoms with E-state index >= 15 is 0 Å². The van der Waals surface area contributed by atoms with Gasteiger partial charge in [0.2, 0.25) is 0 Å². The monoisotopic (exact) mass is 424 g/mol. The van der Waals surface area contributed by atoms with E-state index in [0.717, 1.165) is 19.6 Å². The highest BCUT2D eigenvalue weighted by atomic mass is 35.5. The highest BCUT2D eigenvalue weighted by molar-refractivity contribution is 7.14. The van der Waals surface area contributed by atoms with Gasteiger partial charge in [-0.25, -0.2) is 4.98 Å². The molecule has 1 fully saturated rings. The van der Waals surface area contributed by atoms with E-state index in [2.05, 4.69) is 21.8 Å². The summed E-state index contributed by atoms with van der Waals surface area (Å²) in [6.07, 6.45) is 1.86. The zero-order chi connectivity index (χ0) is 19.4. The van der Waals surface area contributed by atoms with Crippen LogP contribution >= 0.6 is 34.5 Å². The summed E-state index contributed by atoms with van der Waals surface area (Å²) in [5, 5.41) is 5.38. The molecule has 6 nitrogen and oxygen atoms in total. The van der Waals surface area contributed by atoms with Crippen molar-refractivity contribution < 1.29 is 9.59 Å². The van der Waals surface area contributed by atoms with Gasteiger partial charge in [-0.2, -0.15) is 0 Å². The van der Waals surface area contributed by atoms with Gasteiger partial charge in [0.05, 0.1) is 10.0 Å². The van der Waals surface area contributed by atoms with Crippen molar-refractivity contribution in [1.82, 2.24) is 14.8 Å². The first-order valence-electron chi connectivity index (χ1n) is 8.32. The van der Waals surface area contributed by atoms with Gasteiger partial charge in [-0.05, 0) is 18.2 Å². The van der Waals surface area contributed by atoms with Gasteiger partial charge in [0.15, 0.2) is 5.13 Å². The van der Waals surface area contributed by atoms with E-state index in [1.165, 1.54) is 17.4 Å². The Bertz CT molecular complexity index is 863. The average molecular weight is 425 g/mol. The first-order valence-corrected chi connectivity index (χ1v) is 9.96. The highest BCUT2D eigenvalue weighted by Crippen LogP contribution is 2.24. The lowest BCUT2D eigenvalue weighted by Crippen LogP contribution is -2.48. The summed E-state index contributed by atoms with van der Waals surface area (Å²) in [5.41, 5.74) is 0.701. The Kier molecular flexibility index (Phi) is 6.49. The molecule has 0 radical (unpaired) electrons. The van der Waals surface area contributed by atoms with E-state index in [1.807, 2.05) is 6.08 Å². The fourth-order valence-corrected chi connectivity index (χ4v) is 3.69. The molecule has 27 heavy (non-hydrogen) atoms. The van der Waals surface area contributed by atoms with Gasteiger partial charge < -0.3 is 4.90 Å². The second-order valence-electron chi connectivity index (χ2n) is 6.00. The predicted octanol–water partition coefficient (Wildman–Crippen LogP) is 3.65. The molecule has 9 heteroatoms. The van der Waals surface area contributed by atoms with Crippen molar-refractivity contribution in [2.75, 3.05) is 38.0 Å². The Labute approximate surface area is 171 Å². The van der Waals surface area contributed by atoms with Crippen molar-refractivity contribution in [3.8, 4) is 0 Å². The molecule has 2 heterocycles. The molecule has 1 saturated heterocycles. The highest BCUT2D eigenvalue weighted by Gasteiger charge is 2.23. The van der Waals surface area contributed by atoms with Crippen LogP contribution in [0.2, 0.25) is 10.0 Å². The minimum Gasteiger partial charge on any atom is -0.335 e. The number of nitrogens with zero attached hydrogens (tertiary/aromatic N) is 3. The molecule has 2 amide bonds. The molecule has 1 N–H and O–H groups in total. The van der Waals surface area contributed by atoms with Crippen LogP contribution in [-0.2, 0) is 0 Å². The van der Waals surface area contributed by atoms with E-state index < -0.39 is 0 Å². The molecule has 0 bridgehead atoms. The summed E-state index contributed by atoms with van der Waals surface area (Å²) in [5.74, 6) is -0.487. The van der Waals surface area contributed by atoms with Crippen LogP contribution in [0, 0.1) is 0 Å². The quantitative estimate of drug-likeness (QED) is 0.743. The molecule has 1 aliphatic rings. The second kappa shape index (κ2) is 8.84. The zero-order valence-corrected chi connectivity index (χ0v) is 16.8. The Morgan fingerprint density at radius 1 is 1.22 bits per heavy atom. The van der Waals surface area contributed by atoms with Crippen LogP contribution in [0.3, 0.4) is 0 Å². The van der Waals surface area contributed by atoms with E-state index in [9.17, 15) is 9.59 Å². The lowest BCUT2D eigenvalue weighted by molar-refractivity contribution is 0.0645. The third kappa shape index (κ3) is 4.87. The molecule has 0 atom stereocenters. The van der Waals surface area contributed by atoms with Crippen molar-refractivity contribution in [3.63, 3.8) is 0 Å². The third-order valence-electron chi connectivity index (χ3n) is 4.17. The van der Waals surface area contributed by atoms with Gasteiger partial charge in [0, 0.05) is 43.7 Å². The summed E-state index contributed by atoms with van der Waals surface area (Å²) in [6, 6.07) is 4.62. The number of anilines is 1. The maximum Gasteiger partial charge on any atom is 0.273 e. The number of nitrogens with one attached hydrogen (secondary N) is 1. The van der Waals surface area contributed by atoms with Crippen LogP contribution < -0.4 is 5.32 Å². The van der Waals surface area contributed by atoms with Gasteiger partial charge in [-0.15, -0.1) is 17.9 Å².